The largest absolute Gasteiger partial charge is 0.356 e. The maximum Gasteiger partial charge on any atom is 0.253 e. The number of amides is 2. The lowest BCUT2D eigenvalue weighted by Crippen LogP contribution is -2.31. The number of pyridine rings is 1. The smallest absolute Gasteiger partial charge is 0.253 e. The van der Waals surface area contributed by atoms with Crippen LogP contribution >= 0.6 is 11.6 Å². The number of nitrogens with zero attached hydrogens (tertiary/aromatic N) is 1. The molecule has 0 atom stereocenters. The number of hydrogen-bond donors (Lipinski definition) is 2. The molecule has 0 spiro atoms. The quantitative estimate of drug-likeness (QED) is 0.859. The van der Waals surface area contributed by atoms with Crippen molar-refractivity contribution in [3.8, 4) is 0 Å². The van der Waals surface area contributed by atoms with E-state index in [1.165, 1.54) is 0 Å². The van der Waals surface area contributed by atoms with Gasteiger partial charge in [0.05, 0.1) is 16.1 Å². The number of halogens is 1. The molecule has 0 fully saturated rings. The Morgan fingerprint density at radius 1 is 1.18 bits per heavy atom. The maximum atomic E-state index is 12.2. The van der Waals surface area contributed by atoms with Gasteiger partial charge in [-0.05, 0) is 30.7 Å². The lowest BCUT2D eigenvalue weighted by atomic mass is 10.1. The summed E-state index contributed by atoms with van der Waals surface area (Å²) in [6.07, 6.45) is 2.76. The van der Waals surface area contributed by atoms with Gasteiger partial charge >= 0.3 is 0 Å². The molecule has 1 aromatic carbocycles. The first-order valence-electron chi connectivity index (χ1n) is 7.21. The fraction of sp³-hybridized carbons (Fsp3) is 0.312. The summed E-state index contributed by atoms with van der Waals surface area (Å²) < 4.78 is 0. The van der Waals surface area contributed by atoms with E-state index in [9.17, 15) is 9.59 Å². The van der Waals surface area contributed by atoms with Crippen molar-refractivity contribution in [1.82, 2.24) is 15.6 Å². The van der Waals surface area contributed by atoms with Crippen molar-refractivity contribution in [2.45, 2.75) is 19.8 Å². The first-order chi connectivity index (χ1) is 10.6. The van der Waals surface area contributed by atoms with Crippen molar-refractivity contribution in [3.05, 3.63) is 41.0 Å². The molecule has 1 aromatic heterocycles. The van der Waals surface area contributed by atoms with Gasteiger partial charge in [0.1, 0.15) is 0 Å². The predicted molar refractivity (Wildman–Crippen MR) is 87.0 cm³/mol. The van der Waals surface area contributed by atoms with Crippen molar-refractivity contribution in [1.29, 1.82) is 0 Å². The zero-order valence-electron chi connectivity index (χ0n) is 12.4. The van der Waals surface area contributed by atoms with Crippen LogP contribution in [-0.4, -0.2) is 29.9 Å². The summed E-state index contributed by atoms with van der Waals surface area (Å²) in [6.45, 7) is 2.92. The standard InChI is InChI=1S/C16H18ClN3O2/c1-2-8-18-14(21)7-10-20-16(22)12-5-6-13(17)11-4-3-9-19-15(11)12/h3-6,9H,2,7-8,10H2,1H3,(H,18,21)(H,20,22). The molecule has 0 aliphatic heterocycles. The monoisotopic (exact) mass is 319 g/mol. The molecule has 2 amide bonds. The number of rotatable bonds is 6. The number of carbonyl (C=O) groups is 2. The van der Waals surface area contributed by atoms with Crippen molar-refractivity contribution in [2.75, 3.05) is 13.1 Å². The van der Waals surface area contributed by atoms with E-state index in [0.717, 1.165) is 11.8 Å². The van der Waals surface area contributed by atoms with Crippen LogP contribution in [0, 0.1) is 0 Å². The molecule has 0 saturated heterocycles. The Morgan fingerprint density at radius 2 is 2.00 bits per heavy atom. The second-order valence-corrected chi connectivity index (χ2v) is 5.26. The van der Waals surface area contributed by atoms with E-state index in [1.54, 1.807) is 24.4 Å². The summed E-state index contributed by atoms with van der Waals surface area (Å²) in [5, 5.41) is 6.79. The second-order valence-electron chi connectivity index (χ2n) is 4.85. The molecule has 5 nitrogen and oxygen atoms in total. The molecule has 0 saturated carbocycles. The minimum absolute atomic E-state index is 0.0683. The average Bonchev–Trinajstić information content (AvgIpc) is 2.53. The highest BCUT2D eigenvalue weighted by Gasteiger charge is 2.12. The molecular weight excluding hydrogens is 302 g/mol. The Balaban J connectivity index is 2.02. The highest BCUT2D eigenvalue weighted by molar-refractivity contribution is 6.36. The van der Waals surface area contributed by atoms with Crippen LogP contribution in [0.5, 0.6) is 0 Å². The van der Waals surface area contributed by atoms with E-state index in [4.69, 9.17) is 11.6 Å². The fourth-order valence-electron chi connectivity index (χ4n) is 2.06. The molecule has 0 aliphatic rings. The van der Waals surface area contributed by atoms with Crippen molar-refractivity contribution >= 4 is 34.3 Å². The van der Waals surface area contributed by atoms with Crippen LogP contribution in [0.1, 0.15) is 30.1 Å². The Labute approximate surface area is 134 Å². The molecule has 0 bridgehead atoms. The van der Waals surface area contributed by atoms with Gasteiger partial charge in [-0.2, -0.15) is 0 Å². The topological polar surface area (TPSA) is 71.1 Å². The molecule has 1 heterocycles. The summed E-state index contributed by atoms with van der Waals surface area (Å²) in [7, 11) is 0. The Kier molecular flexibility index (Phi) is 5.72. The number of benzene rings is 1. The zero-order valence-corrected chi connectivity index (χ0v) is 13.1. The molecule has 2 aromatic rings. The third kappa shape index (κ3) is 3.95. The first kappa shape index (κ1) is 16.2. The normalized spacial score (nSPS) is 10.5. The number of aromatic nitrogens is 1. The molecular formula is C16H18ClN3O2. The molecule has 2 N–H and O–H groups in total. The third-order valence-electron chi connectivity index (χ3n) is 3.17. The van der Waals surface area contributed by atoms with Gasteiger partial charge < -0.3 is 10.6 Å². The summed E-state index contributed by atoms with van der Waals surface area (Å²) in [5.41, 5.74) is 1.01. The molecule has 0 aliphatic carbocycles. The molecule has 2 rings (SSSR count). The summed E-state index contributed by atoms with van der Waals surface area (Å²) in [4.78, 5) is 27.9. The Bertz CT molecular complexity index is 688. The van der Waals surface area contributed by atoms with Crippen LogP contribution in [0.3, 0.4) is 0 Å². The van der Waals surface area contributed by atoms with Crippen molar-refractivity contribution < 1.29 is 9.59 Å². The summed E-state index contributed by atoms with van der Waals surface area (Å²) in [6, 6.07) is 6.91. The first-order valence-corrected chi connectivity index (χ1v) is 7.59. The Hall–Kier alpha value is -2.14. The Morgan fingerprint density at radius 3 is 2.77 bits per heavy atom. The SMILES string of the molecule is CCCNC(=O)CCNC(=O)c1ccc(Cl)c2cccnc12. The zero-order chi connectivity index (χ0) is 15.9. The highest BCUT2D eigenvalue weighted by atomic mass is 35.5. The molecule has 116 valence electrons. The van der Waals surface area contributed by atoms with Gasteiger partial charge in [0.25, 0.3) is 5.91 Å². The van der Waals surface area contributed by atoms with Crippen LogP contribution in [0.4, 0.5) is 0 Å². The lowest BCUT2D eigenvalue weighted by Gasteiger charge is -2.08. The minimum atomic E-state index is -0.261. The molecule has 6 heteroatoms. The van der Waals surface area contributed by atoms with E-state index < -0.39 is 0 Å². The van der Waals surface area contributed by atoms with Crippen LogP contribution in [0.2, 0.25) is 5.02 Å². The van der Waals surface area contributed by atoms with E-state index in [-0.39, 0.29) is 24.8 Å². The number of carbonyl (C=O) groups excluding carboxylic acids is 2. The third-order valence-corrected chi connectivity index (χ3v) is 3.50. The summed E-state index contributed by atoms with van der Waals surface area (Å²) in [5.74, 6) is -0.329. The van der Waals surface area contributed by atoms with Gasteiger partial charge in [0.15, 0.2) is 0 Å². The minimum Gasteiger partial charge on any atom is -0.356 e. The number of nitrogens with one attached hydrogen (secondary N) is 2. The van der Waals surface area contributed by atoms with Crippen molar-refractivity contribution in [3.63, 3.8) is 0 Å². The number of hydrogen-bond acceptors (Lipinski definition) is 3. The molecule has 22 heavy (non-hydrogen) atoms. The average molecular weight is 320 g/mol. The van der Waals surface area contributed by atoms with Gasteiger partial charge in [0.2, 0.25) is 5.91 Å². The number of fused-ring (bicyclic) bond motifs is 1. The van der Waals surface area contributed by atoms with Gasteiger partial charge in [0, 0.05) is 31.1 Å². The van der Waals surface area contributed by atoms with Crippen LogP contribution < -0.4 is 10.6 Å². The van der Waals surface area contributed by atoms with E-state index in [0.29, 0.717) is 22.6 Å². The van der Waals surface area contributed by atoms with Gasteiger partial charge in [-0.3, -0.25) is 14.6 Å². The second kappa shape index (κ2) is 7.75. The van der Waals surface area contributed by atoms with E-state index in [2.05, 4.69) is 15.6 Å². The highest BCUT2D eigenvalue weighted by Crippen LogP contribution is 2.24. The maximum absolute atomic E-state index is 12.2. The molecule has 0 radical (unpaired) electrons. The van der Waals surface area contributed by atoms with Crippen molar-refractivity contribution in [2.24, 2.45) is 0 Å². The van der Waals surface area contributed by atoms with E-state index in [1.807, 2.05) is 13.0 Å². The molecule has 0 unspecified atom stereocenters. The van der Waals surface area contributed by atoms with Crippen LogP contribution in [0.15, 0.2) is 30.5 Å². The van der Waals surface area contributed by atoms with Crippen LogP contribution in [-0.2, 0) is 4.79 Å². The predicted octanol–water partition coefficient (Wildman–Crippen LogP) is 2.53. The van der Waals surface area contributed by atoms with Crippen LogP contribution in [0.25, 0.3) is 10.9 Å². The lowest BCUT2D eigenvalue weighted by molar-refractivity contribution is -0.120. The summed E-state index contributed by atoms with van der Waals surface area (Å²) >= 11 is 6.10. The van der Waals surface area contributed by atoms with Gasteiger partial charge in [-0.1, -0.05) is 18.5 Å². The van der Waals surface area contributed by atoms with Gasteiger partial charge in [-0.15, -0.1) is 0 Å². The van der Waals surface area contributed by atoms with E-state index >= 15 is 0 Å². The van der Waals surface area contributed by atoms with Gasteiger partial charge in [-0.25, -0.2) is 0 Å². The fourth-order valence-corrected chi connectivity index (χ4v) is 2.27.